The minimum atomic E-state index is -0.746. The Balaban J connectivity index is 2.42. The number of carbonyl (C=O) groups is 1. The van der Waals surface area contributed by atoms with Gasteiger partial charge in [0.05, 0.1) is 0 Å². The summed E-state index contributed by atoms with van der Waals surface area (Å²) in [6.07, 6.45) is 0.684. The van der Waals surface area contributed by atoms with Gasteiger partial charge in [0.25, 0.3) is 0 Å². The molecule has 0 spiro atoms. The van der Waals surface area contributed by atoms with Gasteiger partial charge in [0.2, 0.25) is 0 Å². The SMILES string of the molecule is CNC1(C(=O)O)CC1c1c(C)cc(C)cc1C. The minimum absolute atomic E-state index is 0.102. The second-order valence-corrected chi connectivity index (χ2v) is 5.10. The van der Waals surface area contributed by atoms with E-state index in [-0.39, 0.29) is 5.92 Å². The topological polar surface area (TPSA) is 49.3 Å². The van der Waals surface area contributed by atoms with Crippen LogP contribution in [0.3, 0.4) is 0 Å². The summed E-state index contributed by atoms with van der Waals surface area (Å²) in [4.78, 5) is 11.3. The van der Waals surface area contributed by atoms with Crippen molar-refractivity contribution in [1.82, 2.24) is 5.32 Å². The Morgan fingerprint density at radius 3 is 2.24 bits per heavy atom. The first-order valence-electron chi connectivity index (χ1n) is 5.92. The number of rotatable bonds is 3. The zero-order valence-corrected chi connectivity index (χ0v) is 10.8. The van der Waals surface area contributed by atoms with Gasteiger partial charge in [0.15, 0.2) is 0 Å². The average molecular weight is 233 g/mol. The van der Waals surface area contributed by atoms with Crippen LogP contribution in [0.2, 0.25) is 0 Å². The van der Waals surface area contributed by atoms with Crippen LogP contribution in [0.5, 0.6) is 0 Å². The fraction of sp³-hybridized carbons (Fsp3) is 0.500. The zero-order valence-electron chi connectivity index (χ0n) is 10.8. The van der Waals surface area contributed by atoms with Gasteiger partial charge in [0.1, 0.15) is 5.54 Å². The lowest BCUT2D eigenvalue weighted by atomic mass is 9.94. The lowest BCUT2D eigenvalue weighted by Crippen LogP contribution is -2.38. The fourth-order valence-electron chi connectivity index (χ4n) is 2.97. The molecule has 0 aliphatic heterocycles. The van der Waals surface area contributed by atoms with Crippen LogP contribution >= 0.6 is 0 Å². The first-order chi connectivity index (χ1) is 7.92. The highest BCUT2D eigenvalue weighted by Gasteiger charge is 2.60. The van der Waals surface area contributed by atoms with Crippen molar-refractivity contribution in [1.29, 1.82) is 0 Å². The summed E-state index contributed by atoms with van der Waals surface area (Å²) < 4.78 is 0. The van der Waals surface area contributed by atoms with Crippen LogP contribution < -0.4 is 5.32 Å². The van der Waals surface area contributed by atoms with Crippen molar-refractivity contribution in [2.45, 2.75) is 38.6 Å². The molecule has 0 radical (unpaired) electrons. The largest absolute Gasteiger partial charge is 0.480 e. The predicted molar refractivity (Wildman–Crippen MR) is 67.4 cm³/mol. The second-order valence-electron chi connectivity index (χ2n) is 5.10. The van der Waals surface area contributed by atoms with Crippen LogP contribution in [0, 0.1) is 20.8 Å². The van der Waals surface area contributed by atoms with Crippen LogP contribution in [-0.4, -0.2) is 23.7 Å². The van der Waals surface area contributed by atoms with Crippen molar-refractivity contribution < 1.29 is 9.90 Å². The van der Waals surface area contributed by atoms with Gasteiger partial charge in [-0.05, 0) is 50.9 Å². The van der Waals surface area contributed by atoms with Gasteiger partial charge < -0.3 is 10.4 Å². The highest BCUT2D eigenvalue weighted by molar-refractivity contribution is 5.85. The number of carboxylic acid groups (broad SMARTS) is 1. The van der Waals surface area contributed by atoms with Crippen LogP contribution in [0.4, 0.5) is 0 Å². The molecule has 0 saturated heterocycles. The molecule has 2 N–H and O–H groups in total. The minimum Gasteiger partial charge on any atom is -0.480 e. The Morgan fingerprint density at radius 1 is 1.35 bits per heavy atom. The van der Waals surface area contributed by atoms with Gasteiger partial charge in [0, 0.05) is 5.92 Å². The summed E-state index contributed by atoms with van der Waals surface area (Å²) in [6.45, 7) is 6.20. The van der Waals surface area contributed by atoms with Gasteiger partial charge in [-0.1, -0.05) is 17.7 Å². The molecular formula is C14H19NO2. The molecule has 17 heavy (non-hydrogen) atoms. The van der Waals surface area contributed by atoms with E-state index in [9.17, 15) is 9.90 Å². The summed E-state index contributed by atoms with van der Waals surface area (Å²) >= 11 is 0. The Morgan fingerprint density at radius 2 is 1.88 bits per heavy atom. The molecule has 1 aromatic carbocycles. The lowest BCUT2D eigenvalue weighted by molar-refractivity contribution is -0.140. The summed E-state index contributed by atoms with van der Waals surface area (Å²) in [5, 5.41) is 12.3. The number of hydrogen-bond acceptors (Lipinski definition) is 2. The predicted octanol–water partition coefficient (Wildman–Crippen LogP) is 2.14. The molecule has 0 bridgehead atoms. The van der Waals surface area contributed by atoms with Gasteiger partial charge >= 0.3 is 5.97 Å². The van der Waals surface area contributed by atoms with Gasteiger partial charge in [-0.25, -0.2) is 0 Å². The molecule has 0 amide bonds. The summed E-state index contributed by atoms with van der Waals surface area (Å²) in [7, 11) is 1.73. The van der Waals surface area contributed by atoms with Crippen LogP contribution in [0.1, 0.15) is 34.6 Å². The van der Waals surface area contributed by atoms with Crippen molar-refractivity contribution in [2.75, 3.05) is 7.05 Å². The van der Waals surface area contributed by atoms with E-state index in [1.54, 1.807) is 7.05 Å². The molecule has 1 aromatic rings. The first-order valence-corrected chi connectivity index (χ1v) is 5.92. The quantitative estimate of drug-likeness (QED) is 0.841. The second kappa shape index (κ2) is 3.84. The van der Waals surface area contributed by atoms with E-state index in [0.29, 0.717) is 6.42 Å². The molecule has 2 atom stereocenters. The smallest absolute Gasteiger partial charge is 0.324 e. The molecule has 2 unspecified atom stereocenters. The summed E-state index contributed by atoms with van der Waals surface area (Å²) in [5.41, 5.74) is 4.09. The van der Waals surface area contributed by atoms with Crippen molar-refractivity contribution >= 4 is 5.97 Å². The van der Waals surface area contributed by atoms with E-state index in [2.05, 4.69) is 38.2 Å². The monoisotopic (exact) mass is 233 g/mol. The molecule has 0 aromatic heterocycles. The van der Waals surface area contributed by atoms with Crippen LogP contribution in [-0.2, 0) is 4.79 Å². The Bertz CT molecular complexity index is 458. The Labute approximate surface area is 102 Å². The summed E-state index contributed by atoms with van der Waals surface area (Å²) in [6, 6.07) is 4.26. The third-order valence-electron chi connectivity index (χ3n) is 3.88. The van der Waals surface area contributed by atoms with Crippen molar-refractivity contribution in [2.24, 2.45) is 0 Å². The van der Waals surface area contributed by atoms with E-state index in [1.807, 2.05) is 0 Å². The molecule has 1 aliphatic carbocycles. The van der Waals surface area contributed by atoms with Gasteiger partial charge in [-0.15, -0.1) is 0 Å². The summed E-state index contributed by atoms with van der Waals surface area (Å²) in [5.74, 6) is -0.644. The molecule has 3 nitrogen and oxygen atoms in total. The molecule has 0 heterocycles. The number of carboxylic acids is 1. The van der Waals surface area contributed by atoms with E-state index < -0.39 is 11.5 Å². The van der Waals surface area contributed by atoms with E-state index >= 15 is 0 Å². The molecule has 1 fully saturated rings. The molecule has 1 saturated carbocycles. The maximum absolute atomic E-state index is 11.3. The van der Waals surface area contributed by atoms with E-state index in [4.69, 9.17) is 0 Å². The molecule has 1 aliphatic rings. The molecular weight excluding hydrogens is 214 g/mol. The normalized spacial score (nSPS) is 26.9. The fourth-order valence-corrected chi connectivity index (χ4v) is 2.97. The van der Waals surface area contributed by atoms with Crippen LogP contribution in [0.25, 0.3) is 0 Å². The molecule has 92 valence electrons. The van der Waals surface area contributed by atoms with Gasteiger partial charge in [-0.3, -0.25) is 4.79 Å². The highest BCUT2D eigenvalue weighted by Crippen LogP contribution is 2.53. The standard InChI is InChI=1S/C14H19NO2/c1-8-5-9(2)12(10(3)6-8)11-7-14(11,15-4)13(16)17/h5-6,11,15H,7H2,1-4H3,(H,16,17). The third-order valence-corrected chi connectivity index (χ3v) is 3.88. The average Bonchev–Trinajstić information content (AvgIpc) is 2.92. The molecule has 3 heteroatoms. The van der Waals surface area contributed by atoms with Crippen molar-refractivity contribution in [3.63, 3.8) is 0 Å². The lowest BCUT2D eigenvalue weighted by Gasteiger charge is -2.15. The number of likely N-dealkylation sites (N-methyl/N-ethyl adjacent to an activating group) is 1. The number of benzene rings is 1. The van der Waals surface area contributed by atoms with Crippen LogP contribution in [0.15, 0.2) is 12.1 Å². The number of aliphatic carboxylic acids is 1. The van der Waals surface area contributed by atoms with E-state index in [1.165, 1.54) is 22.3 Å². The number of aryl methyl sites for hydroxylation is 3. The first kappa shape index (κ1) is 12.1. The maximum atomic E-state index is 11.3. The van der Waals surface area contributed by atoms with Gasteiger partial charge in [-0.2, -0.15) is 0 Å². The Hall–Kier alpha value is -1.35. The zero-order chi connectivity index (χ0) is 12.8. The maximum Gasteiger partial charge on any atom is 0.324 e. The highest BCUT2D eigenvalue weighted by atomic mass is 16.4. The Kier molecular flexibility index (Phi) is 2.74. The van der Waals surface area contributed by atoms with Crippen molar-refractivity contribution in [3.8, 4) is 0 Å². The molecule has 2 rings (SSSR count). The van der Waals surface area contributed by atoms with Crippen molar-refractivity contribution in [3.05, 3.63) is 34.4 Å². The third kappa shape index (κ3) is 1.75. The number of hydrogen-bond donors (Lipinski definition) is 2. The number of nitrogens with one attached hydrogen (secondary N) is 1. The van der Waals surface area contributed by atoms with E-state index in [0.717, 1.165) is 0 Å².